The molecule has 3 N–H and O–H groups in total. The van der Waals surface area contributed by atoms with Crippen molar-refractivity contribution < 1.29 is 14.3 Å². The van der Waals surface area contributed by atoms with E-state index in [1.165, 1.54) is 0 Å². The zero-order chi connectivity index (χ0) is 21.4. The number of nitriles is 1. The Balaban J connectivity index is 1.50. The van der Waals surface area contributed by atoms with Gasteiger partial charge >= 0.3 is 0 Å². The lowest BCUT2D eigenvalue weighted by Crippen LogP contribution is -2.50. The first kappa shape index (κ1) is 21.2. The second-order valence-corrected chi connectivity index (χ2v) is 7.42. The number of ether oxygens (including phenoxy) is 1. The number of methoxy groups -OCH3 is 1. The van der Waals surface area contributed by atoms with Crippen molar-refractivity contribution >= 4 is 23.2 Å². The zero-order valence-electron chi connectivity index (χ0n) is 17.0. The molecule has 0 spiro atoms. The second-order valence-electron chi connectivity index (χ2n) is 7.42. The van der Waals surface area contributed by atoms with Crippen LogP contribution in [0.1, 0.15) is 42.5 Å². The highest BCUT2D eigenvalue weighted by Gasteiger charge is 2.33. The maximum absolute atomic E-state index is 12.4. The van der Waals surface area contributed by atoms with Gasteiger partial charge < -0.3 is 20.7 Å². The first-order valence-corrected chi connectivity index (χ1v) is 10.1. The molecule has 0 bridgehead atoms. The van der Waals surface area contributed by atoms with Crippen molar-refractivity contribution in [2.45, 2.75) is 37.6 Å². The van der Waals surface area contributed by atoms with Crippen LogP contribution in [0.5, 0.6) is 5.75 Å². The average Bonchev–Trinajstić information content (AvgIpc) is 2.79. The summed E-state index contributed by atoms with van der Waals surface area (Å²) in [4.78, 5) is 24.7. The van der Waals surface area contributed by atoms with Crippen molar-refractivity contribution in [1.29, 1.82) is 5.26 Å². The molecule has 0 radical (unpaired) electrons. The van der Waals surface area contributed by atoms with Crippen LogP contribution in [0.25, 0.3) is 0 Å². The molecule has 7 heteroatoms. The Morgan fingerprint density at radius 1 is 1.00 bits per heavy atom. The van der Waals surface area contributed by atoms with Crippen molar-refractivity contribution in [2.75, 3.05) is 24.3 Å². The molecule has 0 saturated heterocycles. The lowest BCUT2D eigenvalue weighted by molar-refractivity contribution is -0.121. The SMILES string of the molecule is COc1ccc(NC(=O)c2ccc(NCC(=O)NC3(C#N)CCCCC3)cc2)cc1. The number of benzene rings is 2. The molecule has 0 unspecified atom stereocenters. The Bertz CT molecular complexity index is 911. The lowest BCUT2D eigenvalue weighted by atomic mass is 9.83. The number of nitrogens with one attached hydrogen (secondary N) is 3. The maximum Gasteiger partial charge on any atom is 0.255 e. The van der Waals surface area contributed by atoms with Crippen molar-refractivity contribution in [3.05, 3.63) is 54.1 Å². The molecule has 2 aromatic carbocycles. The van der Waals surface area contributed by atoms with Crippen molar-refractivity contribution in [2.24, 2.45) is 0 Å². The summed E-state index contributed by atoms with van der Waals surface area (Å²) in [5.41, 5.74) is 1.17. The molecule has 3 rings (SSSR count). The summed E-state index contributed by atoms with van der Waals surface area (Å²) in [5.74, 6) is 0.286. The molecule has 7 nitrogen and oxygen atoms in total. The summed E-state index contributed by atoms with van der Waals surface area (Å²) in [6, 6.07) is 16.2. The third-order valence-corrected chi connectivity index (χ3v) is 5.25. The summed E-state index contributed by atoms with van der Waals surface area (Å²) < 4.78 is 5.10. The summed E-state index contributed by atoms with van der Waals surface area (Å²) in [5, 5.41) is 18.2. The molecular formula is C23H26N4O3. The van der Waals surface area contributed by atoms with Gasteiger partial charge in [-0.3, -0.25) is 9.59 Å². The van der Waals surface area contributed by atoms with E-state index in [0.29, 0.717) is 24.1 Å². The largest absolute Gasteiger partial charge is 0.497 e. The minimum Gasteiger partial charge on any atom is -0.497 e. The maximum atomic E-state index is 12.4. The molecule has 0 aromatic heterocycles. The first-order chi connectivity index (χ1) is 14.5. The number of hydrogen-bond acceptors (Lipinski definition) is 5. The lowest BCUT2D eigenvalue weighted by Gasteiger charge is -2.31. The highest BCUT2D eigenvalue weighted by Crippen LogP contribution is 2.27. The molecule has 1 saturated carbocycles. The summed E-state index contributed by atoms with van der Waals surface area (Å²) in [6.07, 6.45) is 4.43. The normalized spacial score (nSPS) is 14.8. The molecule has 0 atom stereocenters. The first-order valence-electron chi connectivity index (χ1n) is 10.1. The topological polar surface area (TPSA) is 103 Å². The number of amides is 2. The second kappa shape index (κ2) is 9.79. The van der Waals surface area contributed by atoms with Crippen LogP contribution in [-0.4, -0.2) is 31.0 Å². The van der Waals surface area contributed by atoms with Crippen molar-refractivity contribution in [1.82, 2.24) is 5.32 Å². The standard InChI is InChI=1S/C23H26N4O3/c1-30-20-11-9-19(10-12-20)26-22(29)17-5-7-18(8-6-17)25-15-21(28)27-23(16-24)13-3-2-4-14-23/h5-12,25H,2-4,13-15H2,1H3,(H,26,29)(H,27,28). The fraction of sp³-hybridized carbons (Fsp3) is 0.348. The molecule has 156 valence electrons. The van der Waals surface area contributed by atoms with E-state index in [9.17, 15) is 14.9 Å². The Hall–Kier alpha value is -3.53. The third kappa shape index (κ3) is 5.51. The predicted molar refractivity (Wildman–Crippen MR) is 115 cm³/mol. The van der Waals surface area contributed by atoms with E-state index in [4.69, 9.17) is 4.74 Å². The van der Waals surface area contributed by atoms with E-state index >= 15 is 0 Å². The molecule has 1 fully saturated rings. The predicted octanol–water partition coefficient (Wildman–Crippen LogP) is 3.70. The Morgan fingerprint density at radius 3 is 2.23 bits per heavy atom. The Morgan fingerprint density at radius 2 is 1.63 bits per heavy atom. The fourth-order valence-corrected chi connectivity index (χ4v) is 3.53. The van der Waals surface area contributed by atoms with Gasteiger partial charge in [0.25, 0.3) is 5.91 Å². The number of anilines is 2. The third-order valence-electron chi connectivity index (χ3n) is 5.25. The highest BCUT2D eigenvalue weighted by atomic mass is 16.5. The smallest absolute Gasteiger partial charge is 0.255 e. The zero-order valence-corrected chi connectivity index (χ0v) is 17.0. The van der Waals surface area contributed by atoms with E-state index in [1.54, 1.807) is 55.6 Å². The monoisotopic (exact) mass is 406 g/mol. The highest BCUT2D eigenvalue weighted by molar-refractivity contribution is 6.04. The molecule has 0 aliphatic heterocycles. The van der Waals surface area contributed by atoms with Crippen LogP contribution in [0.4, 0.5) is 11.4 Å². The van der Waals surface area contributed by atoms with E-state index < -0.39 is 5.54 Å². The van der Waals surface area contributed by atoms with Crippen LogP contribution >= 0.6 is 0 Å². The minimum absolute atomic E-state index is 0.0703. The van der Waals surface area contributed by atoms with E-state index in [1.807, 2.05) is 0 Å². The van der Waals surface area contributed by atoms with Crippen molar-refractivity contribution in [3.63, 3.8) is 0 Å². The molecule has 1 aliphatic carbocycles. The summed E-state index contributed by atoms with van der Waals surface area (Å²) in [7, 11) is 1.59. The number of rotatable bonds is 7. The van der Waals surface area contributed by atoms with Gasteiger partial charge in [-0.1, -0.05) is 19.3 Å². The Labute approximate surface area is 176 Å². The van der Waals surface area contributed by atoms with Crippen LogP contribution in [0.15, 0.2) is 48.5 Å². The van der Waals surface area contributed by atoms with E-state index in [0.717, 1.165) is 30.7 Å². The van der Waals surface area contributed by atoms with Crippen LogP contribution in [0.2, 0.25) is 0 Å². The van der Waals surface area contributed by atoms with Gasteiger partial charge in [0.2, 0.25) is 5.91 Å². The van der Waals surface area contributed by atoms with Gasteiger partial charge in [0.15, 0.2) is 0 Å². The number of hydrogen-bond donors (Lipinski definition) is 3. The average molecular weight is 406 g/mol. The van der Waals surface area contributed by atoms with Crippen LogP contribution in [0, 0.1) is 11.3 Å². The minimum atomic E-state index is -0.736. The summed E-state index contributed by atoms with van der Waals surface area (Å²) >= 11 is 0. The quantitative estimate of drug-likeness (QED) is 0.650. The Kier molecular flexibility index (Phi) is 6.91. The summed E-state index contributed by atoms with van der Waals surface area (Å²) in [6.45, 7) is 0.0703. The van der Waals surface area contributed by atoms with Crippen LogP contribution in [-0.2, 0) is 4.79 Å². The number of carbonyl (C=O) groups is 2. The molecule has 2 aromatic rings. The molecule has 2 amide bonds. The van der Waals surface area contributed by atoms with Gasteiger partial charge in [0, 0.05) is 16.9 Å². The molecular weight excluding hydrogens is 380 g/mol. The van der Waals surface area contributed by atoms with Crippen LogP contribution in [0.3, 0.4) is 0 Å². The van der Waals surface area contributed by atoms with Crippen molar-refractivity contribution in [3.8, 4) is 11.8 Å². The molecule has 1 aliphatic rings. The number of carbonyl (C=O) groups excluding carboxylic acids is 2. The van der Waals surface area contributed by atoms with Gasteiger partial charge in [0.05, 0.1) is 19.7 Å². The van der Waals surface area contributed by atoms with E-state index in [-0.39, 0.29) is 18.4 Å². The fourth-order valence-electron chi connectivity index (χ4n) is 3.53. The van der Waals surface area contributed by atoms with Gasteiger partial charge in [-0.05, 0) is 61.4 Å². The van der Waals surface area contributed by atoms with Crippen LogP contribution < -0.4 is 20.7 Å². The van der Waals surface area contributed by atoms with Gasteiger partial charge in [-0.2, -0.15) is 5.26 Å². The van der Waals surface area contributed by atoms with Gasteiger partial charge in [-0.25, -0.2) is 0 Å². The molecule has 0 heterocycles. The number of nitrogens with zero attached hydrogens (tertiary/aromatic N) is 1. The van der Waals surface area contributed by atoms with E-state index in [2.05, 4.69) is 22.0 Å². The molecule has 30 heavy (non-hydrogen) atoms. The van der Waals surface area contributed by atoms with Gasteiger partial charge in [-0.15, -0.1) is 0 Å². The van der Waals surface area contributed by atoms with Gasteiger partial charge in [0.1, 0.15) is 11.3 Å².